The highest BCUT2D eigenvalue weighted by atomic mass is 28.4. The van der Waals surface area contributed by atoms with Gasteiger partial charge >= 0.3 is 0 Å². The molecule has 2 heteroatoms. The van der Waals surface area contributed by atoms with Gasteiger partial charge in [-0.25, -0.2) is 0 Å². The first-order valence-corrected chi connectivity index (χ1v) is 10.2. The molecule has 2 aliphatic carbocycles. The van der Waals surface area contributed by atoms with Crippen LogP contribution in [0, 0.1) is 5.92 Å². The molecule has 0 amide bonds. The Hall–Kier alpha value is -0.603. The molecule has 3 rings (SSSR count). The third-order valence-electron chi connectivity index (χ3n) is 4.01. The standard InChI is InChI=1S/C15H22OSi/c1-17(2,3)16-15-11-13(15)9-6-8-12-7-4-5-10-14(12)15/h4-5,7,10,13H,6,8-9,11H2,1-3H3. The van der Waals surface area contributed by atoms with E-state index in [0.29, 0.717) is 0 Å². The number of rotatable bonds is 2. The van der Waals surface area contributed by atoms with Crippen molar-refractivity contribution in [2.45, 2.75) is 50.9 Å². The Kier molecular flexibility index (Phi) is 2.49. The highest BCUT2D eigenvalue weighted by Crippen LogP contribution is 2.60. The van der Waals surface area contributed by atoms with E-state index in [2.05, 4.69) is 43.9 Å². The van der Waals surface area contributed by atoms with Crippen LogP contribution in [0.4, 0.5) is 0 Å². The molecule has 92 valence electrons. The van der Waals surface area contributed by atoms with Gasteiger partial charge in [-0.05, 0) is 62.4 Å². The van der Waals surface area contributed by atoms with Crippen molar-refractivity contribution in [2.75, 3.05) is 0 Å². The first-order valence-electron chi connectivity index (χ1n) is 6.80. The van der Waals surface area contributed by atoms with E-state index in [1.807, 2.05) is 0 Å². The van der Waals surface area contributed by atoms with Gasteiger partial charge in [0.25, 0.3) is 0 Å². The molecular weight excluding hydrogens is 224 g/mol. The van der Waals surface area contributed by atoms with Crippen LogP contribution in [0.15, 0.2) is 24.3 Å². The van der Waals surface area contributed by atoms with Crippen molar-refractivity contribution in [3.8, 4) is 0 Å². The van der Waals surface area contributed by atoms with Crippen LogP contribution in [0.2, 0.25) is 19.6 Å². The van der Waals surface area contributed by atoms with E-state index < -0.39 is 8.32 Å². The second kappa shape index (κ2) is 3.69. The molecule has 1 saturated carbocycles. The minimum Gasteiger partial charge on any atom is -0.408 e. The fourth-order valence-electron chi connectivity index (χ4n) is 3.39. The highest BCUT2D eigenvalue weighted by Gasteiger charge is 2.58. The summed E-state index contributed by atoms with van der Waals surface area (Å²) in [6, 6.07) is 8.95. The molecule has 1 fully saturated rings. The lowest BCUT2D eigenvalue weighted by atomic mass is 9.99. The first-order chi connectivity index (χ1) is 8.01. The zero-order valence-corrected chi connectivity index (χ0v) is 12.1. The fraction of sp³-hybridized carbons (Fsp3) is 0.600. The van der Waals surface area contributed by atoms with Gasteiger partial charge in [-0.3, -0.25) is 0 Å². The maximum absolute atomic E-state index is 6.59. The average Bonchev–Trinajstić information content (AvgIpc) is 2.90. The largest absolute Gasteiger partial charge is 0.408 e. The first kappa shape index (κ1) is 11.5. The van der Waals surface area contributed by atoms with Crippen LogP contribution < -0.4 is 0 Å². The summed E-state index contributed by atoms with van der Waals surface area (Å²) in [6.07, 6.45) is 5.18. The minimum atomic E-state index is -1.47. The smallest absolute Gasteiger partial charge is 0.184 e. The van der Waals surface area contributed by atoms with Crippen molar-refractivity contribution in [3.05, 3.63) is 35.4 Å². The van der Waals surface area contributed by atoms with E-state index in [1.54, 1.807) is 0 Å². The molecule has 1 aromatic rings. The van der Waals surface area contributed by atoms with Gasteiger partial charge in [-0.2, -0.15) is 0 Å². The topological polar surface area (TPSA) is 9.23 Å². The van der Waals surface area contributed by atoms with Crippen LogP contribution in [-0.4, -0.2) is 8.32 Å². The number of hydrogen-bond donors (Lipinski definition) is 0. The lowest BCUT2D eigenvalue weighted by molar-refractivity contribution is 0.151. The number of fused-ring (bicyclic) bond motifs is 3. The van der Waals surface area contributed by atoms with Gasteiger partial charge in [-0.15, -0.1) is 0 Å². The minimum absolute atomic E-state index is 0.109. The van der Waals surface area contributed by atoms with Crippen molar-refractivity contribution in [3.63, 3.8) is 0 Å². The molecule has 0 aromatic heterocycles. The average molecular weight is 246 g/mol. The van der Waals surface area contributed by atoms with Gasteiger partial charge in [-0.1, -0.05) is 24.3 Å². The van der Waals surface area contributed by atoms with Gasteiger partial charge in [0.05, 0.1) is 5.60 Å². The van der Waals surface area contributed by atoms with E-state index in [0.717, 1.165) is 5.92 Å². The van der Waals surface area contributed by atoms with Crippen LogP contribution in [0.25, 0.3) is 0 Å². The molecule has 0 N–H and O–H groups in total. The Balaban J connectivity index is 2.01. The zero-order chi connectivity index (χ0) is 12.1. The van der Waals surface area contributed by atoms with Crippen molar-refractivity contribution in [2.24, 2.45) is 5.92 Å². The third-order valence-corrected chi connectivity index (χ3v) is 4.99. The summed E-state index contributed by atoms with van der Waals surface area (Å²) in [4.78, 5) is 0. The second-order valence-electron chi connectivity index (χ2n) is 6.55. The second-order valence-corrected chi connectivity index (χ2v) is 11.0. The summed E-state index contributed by atoms with van der Waals surface area (Å²) in [5.41, 5.74) is 3.15. The Bertz CT molecular complexity index is 435. The molecule has 1 nitrogen and oxygen atoms in total. The third kappa shape index (κ3) is 1.98. The number of benzene rings is 1. The molecule has 2 unspecified atom stereocenters. The van der Waals surface area contributed by atoms with Gasteiger partial charge < -0.3 is 4.43 Å². The van der Waals surface area contributed by atoms with E-state index in [1.165, 1.54) is 36.8 Å². The van der Waals surface area contributed by atoms with E-state index in [9.17, 15) is 0 Å². The predicted molar refractivity (Wildman–Crippen MR) is 73.6 cm³/mol. The molecule has 0 aliphatic heterocycles. The molecule has 0 spiro atoms. The molecule has 2 aliphatic rings. The van der Waals surface area contributed by atoms with Gasteiger partial charge in [0, 0.05) is 0 Å². The molecule has 0 radical (unpaired) electrons. The molecule has 2 atom stereocenters. The molecule has 0 heterocycles. The van der Waals surface area contributed by atoms with Crippen LogP contribution in [-0.2, 0) is 16.4 Å². The van der Waals surface area contributed by atoms with Gasteiger partial charge in [0.15, 0.2) is 8.32 Å². The molecular formula is C15H22OSi. The SMILES string of the molecule is C[Si](C)(C)OC12CC1CCCc1ccccc12. The Labute approximate surface area is 105 Å². The van der Waals surface area contributed by atoms with Crippen LogP contribution in [0.3, 0.4) is 0 Å². The Morgan fingerprint density at radius 2 is 2.00 bits per heavy atom. The summed E-state index contributed by atoms with van der Waals surface area (Å²) in [7, 11) is -1.47. The maximum atomic E-state index is 6.59. The van der Waals surface area contributed by atoms with Crippen LogP contribution in [0.1, 0.15) is 30.4 Å². The van der Waals surface area contributed by atoms with Crippen molar-refractivity contribution in [1.82, 2.24) is 0 Å². The predicted octanol–water partition coefficient (Wildman–Crippen LogP) is 4.09. The van der Waals surface area contributed by atoms with Crippen molar-refractivity contribution in [1.29, 1.82) is 0 Å². The summed E-state index contributed by atoms with van der Waals surface area (Å²) in [5, 5.41) is 0. The summed E-state index contributed by atoms with van der Waals surface area (Å²) in [6.45, 7) is 6.93. The highest BCUT2D eigenvalue weighted by molar-refractivity contribution is 6.69. The van der Waals surface area contributed by atoms with E-state index >= 15 is 0 Å². The van der Waals surface area contributed by atoms with E-state index in [4.69, 9.17) is 4.43 Å². The van der Waals surface area contributed by atoms with E-state index in [-0.39, 0.29) is 5.60 Å². The lowest BCUT2D eigenvalue weighted by Crippen LogP contribution is -2.33. The van der Waals surface area contributed by atoms with Crippen LogP contribution in [0.5, 0.6) is 0 Å². The molecule has 1 aromatic carbocycles. The van der Waals surface area contributed by atoms with Gasteiger partial charge in [0.2, 0.25) is 0 Å². The number of hydrogen-bond acceptors (Lipinski definition) is 1. The fourth-order valence-corrected chi connectivity index (χ4v) is 4.84. The monoisotopic (exact) mass is 246 g/mol. The molecule has 0 saturated heterocycles. The zero-order valence-electron chi connectivity index (χ0n) is 11.1. The molecule has 0 bridgehead atoms. The molecule has 17 heavy (non-hydrogen) atoms. The Morgan fingerprint density at radius 3 is 2.76 bits per heavy atom. The van der Waals surface area contributed by atoms with Gasteiger partial charge in [0.1, 0.15) is 0 Å². The van der Waals surface area contributed by atoms with Crippen molar-refractivity contribution < 1.29 is 4.43 Å². The number of aryl methyl sites for hydroxylation is 1. The summed E-state index contributed by atoms with van der Waals surface area (Å²) in [5.74, 6) is 0.790. The summed E-state index contributed by atoms with van der Waals surface area (Å²) < 4.78 is 6.59. The Morgan fingerprint density at radius 1 is 1.24 bits per heavy atom. The van der Waals surface area contributed by atoms with Crippen LogP contribution >= 0.6 is 0 Å². The summed E-state index contributed by atoms with van der Waals surface area (Å²) >= 11 is 0. The lowest BCUT2D eigenvalue weighted by Gasteiger charge is -2.28. The maximum Gasteiger partial charge on any atom is 0.184 e. The normalized spacial score (nSPS) is 31.4. The quantitative estimate of drug-likeness (QED) is 0.714. The van der Waals surface area contributed by atoms with Crippen molar-refractivity contribution >= 4 is 8.32 Å².